The van der Waals surface area contributed by atoms with Crippen LogP contribution in [0.4, 0.5) is 5.69 Å². The van der Waals surface area contributed by atoms with Gasteiger partial charge < -0.3 is 10.6 Å². The van der Waals surface area contributed by atoms with Gasteiger partial charge in [0.1, 0.15) is 5.69 Å². The second-order valence-electron chi connectivity index (χ2n) is 7.63. The molecule has 2 rings (SSSR count). The maximum Gasteiger partial charge on any atom is 0.322 e. The van der Waals surface area contributed by atoms with E-state index in [0.29, 0.717) is 0 Å². The first-order valence-corrected chi connectivity index (χ1v) is 7.70. The highest BCUT2D eigenvalue weighted by Crippen LogP contribution is 2.29. The third kappa shape index (κ3) is 3.69. The number of nitro groups is 1. The number of nitrogens with zero attached hydrogens (tertiary/aromatic N) is 3. The van der Waals surface area contributed by atoms with Crippen molar-refractivity contribution < 1.29 is 9.72 Å². The Balaban J connectivity index is 2.25. The molecule has 1 amide bonds. The first kappa shape index (κ1) is 17.4. The van der Waals surface area contributed by atoms with Crippen LogP contribution in [0.15, 0.2) is 0 Å². The molecule has 0 unspecified atom stereocenters. The fraction of sp³-hybridized carbons (Fsp3) is 0.733. The van der Waals surface area contributed by atoms with Crippen LogP contribution in [-0.2, 0) is 7.05 Å². The van der Waals surface area contributed by atoms with E-state index >= 15 is 0 Å². The van der Waals surface area contributed by atoms with Crippen LogP contribution in [-0.4, -0.2) is 37.7 Å². The molecule has 1 aromatic rings. The molecule has 0 aromatic carbocycles. The molecule has 1 saturated heterocycles. The van der Waals surface area contributed by atoms with Crippen LogP contribution in [0.25, 0.3) is 0 Å². The molecule has 8 nitrogen and oxygen atoms in total. The van der Waals surface area contributed by atoms with Crippen molar-refractivity contribution in [2.45, 2.75) is 64.6 Å². The van der Waals surface area contributed by atoms with Crippen molar-refractivity contribution in [3.05, 3.63) is 21.5 Å². The molecule has 0 radical (unpaired) electrons. The van der Waals surface area contributed by atoms with Crippen LogP contribution in [0.3, 0.4) is 0 Å². The minimum Gasteiger partial charge on any atom is -0.348 e. The first-order valence-electron chi connectivity index (χ1n) is 7.70. The van der Waals surface area contributed by atoms with Crippen LogP contribution in [0.5, 0.6) is 0 Å². The van der Waals surface area contributed by atoms with Gasteiger partial charge in [-0.05, 0) is 47.5 Å². The number of aromatic nitrogens is 2. The molecular weight excluding hydrogens is 298 g/mol. The van der Waals surface area contributed by atoms with Gasteiger partial charge in [0.25, 0.3) is 5.91 Å². The van der Waals surface area contributed by atoms with Gasteiger partial charge in [-0.25, -0.2) is 0 Å². The van der Waals surface area contributed by atoms with Gasteiger partial charge in [0, 0.05) is 24.2 Å². The zero-order chi connectivity index (χ0) is 17.6. The van der Waals surface area contributed by atoms with Gasteiger partial charge >= 0.3 is 5.69 Å². The number of amides is 1. The topological polar surface area (TPSA) is 102 Å². The summed E-state index contributed by atoms with van der Waals surface area (Å²) in [5.74, 6) is -0.446. The van der Waals surface area contributed by atoms with Gasteiger partial charge in [0.05, 0.1) is 4.92 Å². The molecule has 2 N–H and O–H groups in total. The standard InChI is InChI=1S/C15H25N5O3/c1-9-11(20(22)23)12(19(6)17-9)13(21)16-10-7-14(2,3)18-15(4,5)8-10/h10,18H,7-8H2,1-6H3,(H,16,21). The summed E-state index contributed by atoms with van der Waals surface area (Å²) < 4.78 is 1.28. The second kappa shape index (κ2) is 5.59. The minimum absolute atomic E-state index is 0.00152. The molecule has 0 spiro atoms. The summed E-state index contributed by atoms with van der Waals surface area (Å²) >= 11 is 0. The Bertz CT molecular complexity index is 632. The number of piperidine rings is 1. The summed E-state index contributed by atoms with van der Waals surface area (Å²) in [5.41, 5.74) is -0.213. The van der Waals surface area contributed by atoms with Gasteiger partial charge in [0.2, 0.25) is 5.69 Å². The van der Waals surface area contributed by atoms with E-state index in [1.54, 1.807) is 7.05 Å². The molecule has 0 saturated carbocycles. The van der Waals surface area contributed by atoms with Crippen LogP contribution >= 0.6 is 0 Å². The Morgan fingerprint density at radius 1 is 1.35 bits per heavy atom. The SMILES string of the molecule is Cc1nn(C)c(C(=O)NC2CC(C)(C)NC(C)(C)C2)c1[N+](=O)[O-]. The molecule has 1 fully saturated rings. The largest absolute Gasteiger partial charge is 0.348 e. The van der Waals surface area contributed by atoms with E-state index in [9.17, 15) is 14.9 Å². The number of carbonyl (C=O) groups is 1. The molecule has 1 aliphatic heterocycles. The van der Waals surface area contributed by atoms with Crippen molar-refractivity contribution in [2.75, 3.05) is 0 Å². The number of nitrogens with one attached hydrogen (secondary N) is 2. The van der Waals surface area contributed by atoms with Crippen molar-refractivity contribution in [1.82, 2.24) is 20.4 Å². The Kier molecular flexibility index (Phi) is 4.23. The van der Waals surface area contributed by atoms with Gasteiger partial charge in [0.15, 0.2) is 0 Å². The molecule has 0 aliphatic carbocycles. The van der Waals surface area contributed by atoms with Crippen LogP contribution in [0.1, 0.15) is 56.7 Å². The van der Waals surface area contributed by atoms with Crippen molar-refractivity contribution in [3.8, 4) is 0 Å². The summed E-state index contributed by atoms with van der Waals surface area (Å²) in [4.78, 5) is 23.3. The number of aryl methyl sites for hydroxylation is 2. The van der Waals surface area contributed by atoms with Crippen molar-refractivity contribution in [3.63, 3.8) is 0 Å². The van der Waals surface area contributed by atoms with E-state index in [1.165, 1.54) is 11.6 Å². The quantitative estimate of drug-likeness (QED) is 0.651. The predicted octanol–water partition coefficient (Wildman–Crippen LogP) is 1.68. The van der Waals surface area contributed by atoms with Crippen molar-refractivity contribution in [2.24, 2.45) is 7.05 Å². The minimum atomic E-state index is -0.548. The zero-order valence-corrected chi connectivity index (χ0v) is 14.6. The highest BCUT2D eigenvalue weighted by Gasteiger charge is 2.39. The number of hydrogen-bond donors (Lipinski definition) is 2. The van der Waals surface area contributed by atoms with E-state index in [0.717, 1.165) is 12.8 Å². The fourth-order valence-corrected chi connectivity index (χ4v) is 3.80. The third-order valence-electron chi connectivity index (χ3n) is 4.11. The maximum absolute atomic E-state index is 12.6. The summed E-state index contributed by atoms with van der Waals surface area (Å²) in [6.45, 7) is 9.88. The van der Waals surface area contributed by atoms with Crippen LogP contribution in [0.2, 0.25) is 0 Å². The Hall–Kier alpha value is -1.96. The highest BCUT2D eigenvalue weighted by atomic mass is 16.6. The molecule has 8 heteroatoms. The van der Waals surface area contributed by atoms with Crippen molar-refractivity contribution in [1.29, 1.82) is 0 Å². The lowest BCUT2D eigenvalue weighted by Crippen LogP contribution is -2.62. The van der Waals surface area contributed by atoms with E-state index < -0.39 is 10.8 Å². The molecular formula is C15H25N5O3. The average Bonchev–Trinajstić information content (AvgIpc) is 2.59. The van der Waals surface area contributed by atoms with Gasteiger partial charge in [-0.15, -0.1) is 0 Å². The third-order valence-corrected chi connectivity index (χ3v) is 4.11. The highest BCUT2D eigenvalue weighted by molar-refractivity contribution is 5.97. The smallest absolute Gasteiger partial charge is 0.322 e. The summed E-state index contributed by atoms with van der Waals surface area (Å²) in [7, 11) is 1.55. The van der Waals surface area contributed by atoms with Crippen LogP contribution < -0.4 is 10.6 Å². The fourth-order valence-electron chi connectivity index (χ4n) is 3.80. The number of carbonyl (C=O) groups excluding carboxylic acids is 1. The van der Waals surface area contributed by atoms with E-state index in [4.69, 9.17) is 0 Å². The van der Waals surface area contributed by atoms with Crippen LogP contribution in [0, 0.1) is 17.0 Å². The lowest BCUT2D eigenvalue weighted by molar-refractivity contribution is -0.385. The lowest BCUT2D eigenvalue weighted by atomic mass is 9.79. The van der Waals surface area contributed by atoms with E-state index in [-0.39, 0.29) is 34.2 Å². The lowest BCUT2D eigenvalue weighted by Gasteiger charge is -2.46. The van der Waals surface area contributed by atoms with Gasteiger partial charge in [-0.1, -0.05) is 0 Å². The van der Waals surface area contributed by atoms with Gasteiger partial charge in [-0.3, -0.25) is 19.6 Å². The van der Waals surface area contributed by atoms with Gasteiger partial charge in [-0.2, -0.15) is 5.10 Å². The Morgan fingerprint density at radius 2 is 1.87 bits per heavy atom. The monoisotopic (exact) mass is 323 g/mol. The number of rotatable bonds is 3. The maximum atomic E-state index is 12.6. The normalized spacial score (nSPS) is 20.3. The van der Waals surface area contributed by atoms with E-state index in [1.807, 2.05) is 0 Å². The zero-order valence-electron chi connectivity index (χ0n) is 14.6. The summed E-state index contributed by atoms with van der Waals surface area (Å²) in [6, 6.07) is -0.0523. The molecule has 1 aromatic heterocycles. The second-order valence-corrected chi connectivity index (χ2v) is 7.63. The molecule has 23 heavy (non-hydrogen) atoms. The van der Waals surface area contributed by atoms with E-state index in [2.05, 4.69) is 43.4 Å². The Morgan fingerprint density at radius 3 is 2.35 bits per heavy atom. The molecule has 128 valence electrons. The summed E-state index contributed by atoms with van der Waals surface area (Å²) in [5, 5.41) is 21.7. The molecule has 0 atom stereocenters. The number of hydrogen-bond acceptors (Lipinski definition) is 5. The van der Waals surface area contributed by atoms with Crippen molar-refractivity contribution >= 4 is 11.6 Å². The molecule has 0 bridgehead atoms. The molecule has 1 aliphatic rings. The Labute approximate surface area is 135 Å². The first-order chi connectivity index (χ1) is 10.4. The predicted molar refractivity (Wildman–Crippen MR) is 86.4 cm³/mol. The average molecular weight is 323 g/mol. The summed E-state index contributed by atoms with van der Waals surface area (Å²) in [6.07, 6.45) is 1.51. The molecule has 2 heterocycles.